The minimum absolute atomic E-state index is 0.0737. The summed E-state index contributed by atoms with van der Waals surface area (Å²) in [6.07, 6.45) is 0. The number of benzene rings is 4. The van der Waals surface area contributed by atoms with Gasteiger partial charge in [-0.15, -0.1) is 0 Å². The molecule has 1 aliphatic carbocycles. The summed E-state index contributed by atoms with van der Waals surface area (Å²) in [5.41, 5.74) is 9.41. The maximum Gasteiger partial charge on any atom is 0.0547 e. The van der Waals surface area contributed by atoms with E-state index in [9.17, 15) is 0 Å². The van der Waals surface area contributed by atoms with Crippen LogP contribution >= 0.6 is 15.9 Å². The van der Waals surface area contributed by atoms with Crippen molar-refractivity contribution in [3.8, 4) is 16.8 Å². The summed E-state index contributed by atoms with van der Waals surface area (Å²) >= 11 is 3.97. The summed E-state index contributed by atoms with van der Waals surface area (Å²) in [6.45, 7) is 14.5. The lowest BCUT2D eigenvalue weighted by Crippen LogP contribution is -2.42. The molecule has 4 aromatic carbocycles. The Hall–Kier alpha value is -2.84. The Bertz CT molecular complexity index is 1620. The number of hydrogen-bond donors (Lipinski definition) is 0. The smallest absolute Gasteiger partial charge is 0.0547 e. The minimum atomic E-state index is 0.0737. The van der Waals surface area contributed by atoms with Crippen LogP contribution in [0.2, 0.25) is 0 Å². The Balaban J connectivity index is 1.63. The molecule has 0 unspecified atom stereocenters. The third-order valence-electron chi connectivity index (χ3n) is 9.58. The second-order valence-corrected chi connectivity index (χ2v) is 12.5. The molecular formula is C33H32BrN. The van der Waals surface area contributed by atoms with Crippen molar-refractivity contribution in [1.29, 1.82) is 0 Å². The van der Waals surface area contributed by atoms with Crippen LogP contribution in [0.1, 0.15) is 52.7 Å². The van der Waals surface area contributed by atoms with Crippen molar-refractivity contribution in [2.75, 3.05) is 0 Å². The molecule has 0 N–H and O–H groups in total. The molecule has 0 saturated carbocycles. The van der Waals surface area contributed by atoms with Crippen LogP contribution in [0.5, 0.6) is 0 Å². The van der Waals surface area contributed by atoms with Crippen LogP contribution in [-0.4, -0.2) is 4.57 Å². The maximum atomic E-state index is 3.97. The highest BCUT2D eigenvalue weighted by molar-refractivity contribution is 9.10. The van der Waals surface area contributed by atoms with Gasteiger partial charge in [0.25, 0.3) is 0 Å². The SMILES string of the molecule is CC1(C)c2cc(Br)c(-c3ccc4c5ccccc5n(-c5ccccc5)c4c3)cc2C(C)(C)C1(C)C. The summed E-state index contributed by atoms with van der Waals surface area (Å²) in [5.74, 6) is 0. The number of rotatable bonds is 2. The van der Waals surface area contributed by atoms with E-state index in [0.29, 0.717) is 0 Å². The first kappa shape index (κ1) is 22.6. The van der Waals surface area contributed by atoms with E-state index in [4.69, 9.17) is 0 Å². The average molecular weight is 523 g/mol. The molecule has 1 aromatic heterocycles. The van der Waals surface area contributed by atoms with Crippen molar-refractivity contribution in [2.45, 2.75) is 52.4 Å². The van der Waals surface area contributed by atoms with Crippen LogP contribution in [0.15, 0.2) is 89.4 Å². The highest BCUT2D eigenvalue weighted by Crippen LogP contribution is 2.62. The van der Waals surface area contributed by atoms with Gasteiger partial charge in [0.1, 0.15) is 0 Å². The van der Waals surface area contributed by atoms with Gasteiger partial charge in [0.15, 0.2) is 0 Å². The van der Waals surface area contributed by atoms with Crippen molar-refractivity contribution in [3.63, 3.8) is 0 Å². The summed E-state index contributed by atoms with van der Waals surface area (Å²) in [5, 5.41) is 2.57. The normalized spacial score (nSPS) is 17.7. The molecule has 0 atom stereocenters. The van der Waals surface area contributed by atoms with Crippen LogP contribution in [0, 0.1) is 5.41 Å². The van der Waals surface area contributed by atoms with Gasteiger partial charge in [0, 0.05) is 20.9 Å². The molecule has 0 fully saturated rings. The maximum absolute atomic E-state index is 3.97. The van der Waals surface area contributed by atoms with E-state index in [1.54, 1.807) is 0 Å². The van der Waals surface area contributed by atoms with E-state index in [2.05, 4.69) is 147 Å². The fraction of sp³-hybridized carbons (Fsp3) is 0.273. The van der Waals surface area contributed by atoms with E-state index in [1.165, 1.54) is 54.2 Å². The second-order valence-electron chi connectivity index (χ2n) is 11.7. The summed E-state index contributed by atoms with van der Waals surface area (Å²) < 4.78 is 3.56. The molecule has 35 heavy (non-hydrogen) atoms. The molecule has 2 heteroatoms. The lowest BCUT2D eigenvalue weighted by atomic mass is 9.59. The zero-order valence-corrected chi connectivity index (χ0v) is 23.0. The Morgan fingerprint density at radius 3 is 1.91 bits per heavy atom. The molecule has 0 amide bonds. The number of halogens is 1. The first-order valence-electron chi connectivity index (χ1n) is 12.5. The van der Waals surface area contributed by atoms with Gasteiger partial charge in [0.2, 0.25) is 0 Å². The lowest BCUT2D eigenvalue weighted by molar-refractivity contribution is 0.125. The number of aromatic nitrogens is 1. The molecule has 0 bridgehead atoms. The van der Waals surface area contributed by atoms with Gasteiger partial charge in [-0.25, -0.2) is 0 Å². The van der Waals surface area contributed by atoms with Gasteiger partial charge < -0.3 is 4.57 Å². The van der Waals surface area contributed by atoms with E-state index in [0.717, 1.165) is 0 Å². The molecule has 1 nitrogen and oxygen atoms in total. The van der Waals surface area contributed by atoms with Gasteiger partial charge >= 0.3 is 0 Å². The fourth-order valence-corrected chi connectivity index (χ4v) is 6.85. The molecule has 0 spiro atoms. The molecule has 0 radical (unpaired) electrons. The summed E-state index contributed by atoms with van der Waals surface area (Å²) in [7, 11) is 0. The Labute approximate surface area is 216 Å². The highest BCUT2D eigenvalue weighted by Gasteiger charge is 2.56. The molecule has 176 valence electrons. The molecule has 6 rings (SSSR count). The van der Waals surface area contributed by atoms with Crippen molar-refractivity contribution in [3.05, 3.63) is 101 Å². The Kier molecular flexibility index (Phi) is 4.74. The first-order chi connectivity index (χ1) is 16.6. The topological polar surface area (TPSA) is 4.93 Å². The third kappa shape index (κ3) is 2.93. The van der Waals surface area contributed by atoms with Crippen LogP contribution in [-0.2, 0) is 10.8 Å². The van der Waals surface area contributed by atoms with E-state index < -0.39 is 0 Å². The molecule has 0 aliphatic heterocycles. The lowest BCUT2D eigenvalue weighted by Gasteiger charge is -2.44. The van der Waals surface area contributed by atoms with E-state index in [1.807, 2.05) is 0 Å². The van der Waals surface area contributed by atoms with Gasteiger partial charge in [-0.05, 0) is 74.9 Å². The summed E-state index contributed by atoms with van der Waals surface area (Å²) in [6, 6.07) is 31.2. The Morgan fingerprint density at radius 2 is 1.20 bits per heavy atom. The average Bonchev–Trinajstić information content (AvgIpc) is 3.21. The molecule has 5 aromatic rings. The van der Waals surface area contributed by atoms with Crippen molar-refractivity contribution >= 4 is 37.7 Å². The third-order valence-corrected chi connectivity index (χ3v) is 10.2. The van der Waals surface area contributed by atoms with Gasteiger partial charge in [0.05, 0.1) is 11.0 Å². The van der Waals surface area contributed by atoms with Gasteiger partial charge in [-0.3, -0.25) is 0 Å². The van der Waals surface area contributed by atoms with E-state index >= 15 is 0 Å². The number of hydrogen-bond acceptors (Lipinski definition) is 0. The van der Waals surface area contributed by atoms with Crippen LogP contribution in [0.3, 0.4) is 0 Å². The standard InChI is InChI=1S/C33H32BrN/c1-31(2)26-19-25(28(34)20-27(26)32(3,4)33(31,5)6)21-16-17-24-23-14-10-11-15-29(23)35(30(24)18-21)22-12-8-7-9-13-22/h7-20H,1-6H3. The number of fused-ring (bicyclic) bond motifs is 4. The van der Waals surface area contributed by atoms with Crippen molar-refractivity contribution < 1.29 is 0 Å². The first-order valence-corrected chi connectivity index (χ1v) is 13.3. The number of nitrogens with zero attached hydrogens (tertiary/aromatic N) is 1. The second kappa shape index (κ2) is 7.34. The monoisotopic (exact) mass is 521 g/mol. The fourth-order valence-electron chi connectivity index (χ4n) is 6.28. The van der Waals surface area contributed by atoms with Crippen LogP contribution in [0.4, 0.5) is 0 Å². The van der Waals surface area contributed by atoms with Crippen molar-refractivity contribution in [1.82, 2.24) is 4.57 Å². The molecular weight excluding hydrogens is 490 g/mol. The number of para-hydroxylation sites is 2. The van der Waals surface area contributed by atoms with Crippen molar-refractivity contribution in [2.24, 2.45) is 5.41 Å². The molecule has 1 heterocycles. The quantitative estimate of drug-likeness (QED) is 0.217. The Morgan fingerprint density at radius 1 is 0.600 bits per heavy atom. The van der Waals surface area contributed by atoms with E-state index in [-0.39, 0.29) is 16.2 Å². The van der Waals surface area contributed by atoms with Crippen LogP contribution in [0.25, 0.3) is 38.6 Å². The highest BCUT2D eigenvalue weighted by atomic mass is 79.9. The predicted molar refractivity (Wildman–Crippen MR) is 154 cm³/mol. The van der Waals surface area contributed by atoms with Gasteiger partial charge in [-0.2, -0.15) is 0 Å². The predicted octanol–water partition coefficient (Wildman–Crippen LogP) is 9.81. The largest absolute Gasteiger partial charge is 0.309 e. The molecule has 1 aliphatic rings. The minimum Gasteiger partial charge on any atom is -0.309 e. The molecule has 0 saturated heterocycles. The zero-order chi connectivity index (χ0) is 24.8. The van der Waals surface area contributed by atoms with Gasteiger partial charge in [-0.1, -0.05) is 106 Å². The van der Waals surface area contributed by atoms with Crippen LogP contribution < -0.4 is 0 Å². The zero-order valence-electron chi connectivity index (χ0n) is 21.4. The summed E-state index contributed by atoms with van der Waals surface area (Å²) in [4.78, 5) is 0.